The molecule has 2 nitrogen and oxygen atoms in total. The van der Waals surface area contributed by atoms with E-state index < -0.39 is 0 Å². The first-order valence-electron chi connectivity index (χ1n) is 6.50. The minimum absolute atomic E-state index is 0.0260. The van der Waals surface area contributed by atoms with Crippen LogP contribution in [-0.4, -0.2) is 11.6 Å². The molecule has 0 aliphatic heterocycles. The molecule has 2 atom stereocenters. The summed E-state index contributed by atoms with van der Waals surface area (Å²) in [5.41, 5.74) is -0.340. The van der Waals surface area contributed by atoms with Crippen molar-refractivity contribution in [2.75, 3.05) is 0 Å². The molecule has 1 aliphatic carbocycles. The van der Waals surface area contributed by atoms with Gasteiger partial charge < -0.3 is 4.74 Å². The second-order valence-electron chi connectivity index (χ2n) is 6.47. The van der Waals surface area contributed by atoms with Crippen LogP contribution in [0.3, 0.4) is 0 Å². The first-order chi connectivity index (χ1) is 7.28. The van der Waals surface area contributed by atoms with Gasteiger partial charge in [0, 0.05) is 6.42 Å². The number of esters is 1. The lowest BCUT2D eigenvalue weighted by Gasteiger charge is -2.21. The lowest BCUT2D eigenvalue weighted by molar-refractivity contribution is -0.155. The van der Waals surface area contributed by atoms with Gasteiger partial charge in [0.1, 0.15) is 5.60 Å². The topological polar surface area (TPSA) is 26.3 Å². The summed E-state index contributed by atoms with van der Waals surface area (Å²) in [4.78, 5) is 11.7. The van der Waals surface area contributed by atoms with Gasteiger partial charge in [-0.2, -0.15) is 0 Å². The van der Waals surface area contributed by atoms with Gasteiger partial charge in [-0.3, -0.25) is 4.79 Å². The van der Waals surface area contributed by atoms with Crippen LogP contribution in [0.1, 0.15) is 60.3 Å². The Morgan fingerprint density at radius 1 is 1.31 bits per heavy atom. The molecule has 0 aromatic carbocycles. The van der Waals surface area contributed by atoms with Crippen LogP contribution in [0.5, 0.6) is 0 Å². The monoisotopic (exact) mass is 226 g/mol. The molecule has 1 saturated carbocycles. The normalized spacial score (nSPS) is 26.1. The third-order valence-electron chi connectivity index (χ3n) is 3.40. The third-order valence-corrected chi connectivity index (χ3v) is 3.40. The van der Waals surface area contributed by atoms with Gasteiger partial charge in [-0.1, -0.05) is 13.8 Å². The van der Waals surface area contributed by atoms with E-state index in [0.29, 0.717) is 12.3 Å². The van der Waals surface area contributed by atoms with E-state index in [1.807, 2.05) is 20.8 Å². The van der Waals surface area contributed by atoms with Crippen molar-refractivity contribution in [3.8, 4) is 0 Å². The largest absolute Gasteiger partial charge is 0.460 e. The summed E-state index contributed by atoms with van der Waals surface area (Å²) in [6.45, 7) is 10.3. The van der Waals surface area contributed by atoms with Crippen molar-refractivity contribution in [2.45, 2.75) is 65.9 Å². The highest BCUT2D eigenvalue weighted by atomic mass is 16.6. The molecule has 0 heterocycles. The zero-order valence-corrected chi connectivity index (χ0v) is 11.4. The Morgan fingerprint density at radius 3 is 2.38 bits per heavy atom. The van der Waals surface area contributed by atoms with E-state index >= 15 is 0 Å². The van der Waals surface area contributed by atoms with Gasteiger partial charge in [-0.05, 0) is 57.8 Å². The third kappa shape index (κ3) is 4.54. The quantitative estimate of drug-likeness (QED) is 0.684. The molecule has 0 amide bonds. The molecule has 94 valence electrons. The summed E-state index contributed by atoms with van der Waals surface area (Å²) in [5.74, 6) is 2.10. The second-order valence-corrected chi connectivity index (χ2v) is 6.47. The fourth-order valence-electron chi connectivity index (χ4n) is 2.52. The Hall–Kier alpha value is -0.530. The molecule has 2 unspecified atom stereocenters. The Labute approximate surface area is 99.8 Å². The van der Waals surface area contributed by atoms with Crippen LogP contribution in [0.25, 0.3) is 0 Å². The molecule has 0 aromatic heterocycles. The minimum Gasteiger partial charge on any atom is -0.460 e. The van der Waals surface area contributed by atoms with Crippen LogP contribution in [0.15, 0.2) is 0 Å². The predicted octanol–water partition coefficient (Wildman–Crippen LogP) is 3.79. The zero-order valence-electron chi connectivity index (χ0n) is 11.4. The lowest BCUT2D eigenvalue weighted by Crippen LogP contribution is -2.25. The Morgan fingerprint density at radius 2 is 1.94 bits per heavy atom. The van der Waals surface area contributed by atoms with E-state index in [2.05, 4.69) is 13.8 Å². The van der Waals surface area contributed by atoms with E-state index in [1.54, 1.807) is 0 Å². The van der Waals surface area contributed by atoms with Crippen molar-refractivity contribution in [2.24, 2.45) is 17.8 Å². The van der Waals surface area contributed by atoms with Crippen molar-refractivity contribution in [1.82, 2.24) is 0 Å². The number of rotatable bonds is 3. The van der Waals surface area contributed by atoms with Crippen LogP contribution < -0.4 is 0 Å². The van der Waals surface area contributed by atoms with Crippen molar-refractivity contribution >= 4 is 5.97 Å². The Kier molecular flexibility index (Phi) is 4.40. The number of hydrogen-bond donors (Lipinski definition) is 0. The van der Waals surface area contributed by atoms with Crippen LogP contribution >= 0.6 is 0 Å². The summed E-state index contributed by atoms with van der Waals surface area (Å²) in [6.07, 6.45) is 4.30. The van der Waals surface area contributed by atoms with Gasteiger partial charge in [0.15, 0.2) is 0 Å². The van der Waals surface area contributed by atoms with Gasteiger partial charge >= 0.3 is 5.97 Å². The molecule has 16 heavy (non-hydrogen) atoms. The molecule has 0 aromatic rings. The van der Waals surface area contributed by atoms with Crippen molar-refractivity contribution in [3.05, 3.63) is 0 Å². The van der Waals surface area contributed by atoms with E-state index in [9.17, 15) is 4.79 Å². The number of carbonyl (C=O) groups is 1. The van der Waals surface area contributed by atoms with E-state index in [1.165, 1.54) is 19.3 Å². The average Bonchev–Trinajstić information content (AvgIpc) is 2.48. The van der Waals surface area contributed by atoms with Crippen molar-refractivity contribution < 1.29 is 9.53 Å². The second kappa shape index (κ2) is 5.20. The molecule has 0 spiro atoms. The van der Waals surface area contributed by atoms with Crippen LogP contribution in [0.2, 0.25) is 0 Å². The molecule has 0 N–H and O–H groups in total. The molecule has 0 radical (unpaired) electrons. The standard InChI is InChI=1S/C14H26O2/c1-10(2)12-7-6-11(8-12)9-13(15)16-14(3,4)5/h10-12H,6-9H2,1-5H3. The highest BCUT2D eigenvalue weighted by molar-refractivity contribution is 5.70. The van der Waals surface area contributed by atoms with Gasteiger partial charge in [0.05, 0.1) is 0 Å². The van der Waals surface area contributed by atoms with E-state index in [0.717, 1.165) is 11.8 Å². The summed E-state index contributed by atoms with van der Waals surface area (Å²) >= 11 is 0. The molecule has 0 bridgehead atoms. The molecular weight excluding hydrogens is 200 g/mol. The molecular formula is C14H26O2. The SMILES string of the molecule is CC(C)C1CCC(CC(=O)OC(C)(C)C)C1. The molecule has 1 fully saturated rings. The predicted molar refractivity (Wildman–Crippen MR) is 66.1 cm³/mol. The van der Waals surface area contributed by atoms with Crippen LogP contribution in [-0.2, 0) is 9.53 Å². The molecule has 1 aliphatic rings. The molecule has 1 rings (SSSR count). The van der Waals surface area contributed by atoms with Crippen molar-refractivity contribution in [1.29, 1.82) is 0 Å². The average molecular weight is 226 g/mol. The maximum atomic E-state index is 11.7. The maximum Gasteiger partial charge on any atom is 0.306 e. The fraction of sp³-hybridized carbons (Fsp3) is 0.929. The highest BCUT2D eigenvalue weighted by Gasteiger charge is 2.29. The molecule has 2 heteroatoms. The molecule has 0 saturated heterocycles. The van der Waals surface area contributed by atoms with E-state index in [4.69, 9.17) is 4.74 Å². The highest BCUT2D eigenvalue weighted by Crippen LogP contribution is 2.37. The zero-order chi connectivity index (χ0) is 12.3. The Balaban J connectivity index is 2.32. The van der Waals surface area contributed by atoms with Gasteiger partial charge in [-0.15, -0.1) is 0 Å². The summed E-state index contributed by atoms with van der Waals surface area (Å²) in [7, 11) is 0. The summed E-state index contributed by atoms with van der Waals surface area (Å²) in [6, 6.07) is 0. The number of ether oxygens (including phenoxy) is 1. The number of carbonyl (C=O) groups excluding carboxylic acids is 1. The first kappa shape index (κ1) is 13.5. The van der Waals surface area contributed by atoms with Gasteiger partial charge in [0.25, 0.3) is 0 Å². The van der Waals surface area contributed by atoms with Crippen LogP contribution in [0, 0.1) is 17.8 Å². The number of hydrogen-bond acceptors (Lipinski definition) is 2. The fourth-order valence-corrected chi connectivity index (χ4v) is 2.52. The minimum atomic E-state index is -0.340. The maximum absolute atomic E-state index is 11.7. The van der Waals surface area contributed by atoms with Gasteiger partial charge in [-0.25, -0.2) is 0 Å². The lowest BCUT2D eigenvalue weighted by atomic mass is 9.93. The van der Waals surface area contributed by atoms with E-state index in [-0.39, 0.29) is 11.6 Å². The Bertz CT molecular complexity index is 238. The van der Waals surface area contributed by atoms with Crippen LogP contribution in [0.4, 0.5) is 0 Å². The smallest absolute Gasteiger partial charge is 0.306 e. The van der Waals surface area contributed by atoms with Gasteiger partial charge in [0.2, 0.25) is 0 Å². The summed E-state index contributed by atoms with van der Waals surface area (Å²) < 4.78 is 5.36. The summed E-state index contributed by atoms with van der Waals surface area (Å²) in [5, 5.41) is 0. The van der Waals surface area contributed by atoms with Crippen molar-refractivity contribution in [3.63, 3.8) is 0 Å². The first-order valence-corrected chi connectivity index (χ1v) is 6.50.